The summed E-state index contributed by atoms with van der Waals surface area (Å²) in [6.07, 6.45) is 13.1. The third kappa shape index (κ3) is 3.30. The molecule has 3 unspecified atom stereocenters. The van der Waals surface area contributed by atoms with Gasteiger partial charge in [-0.25, -0.2) is 9.71 Å². The maximum atomic E-state index is 13.1. The van der Waals surface area contributed by atoms with E-state index < -0.39 is 0 Å². The molecule has 1 N–H and O–H groups in total. The van der Waals surface area contributed by atoms with Gasteiger partial charge in [-0.05, 0) is 37.5 Å². The summed E-state index contributed by atoms with van der Waals surface area (Å²) in [6.45, 7) is 0. The fourth-order valence-corrected chi connectivity index (χ4v) is 5.63. The molecule has 0 saturated heterocycles. The first-order valence-corrected chi connectivity index (χ1v) is 10.6. The fourth-order valence-electron chi connectivity index (χ4n) is 5.63. The zero-order chi connectivity index (χ0) is 18.1. The summed E-state index contributed by atoms with van der Waals surface area (Å²) in [6, 6.07) is 0. The lowest BCUT2D eigenvalue weighted by Gasteiger charge is -2.39. The molecule has 1 aromatic rings. The highest BCUT2D eigenvalue weighted by molar-refractivity contribution is 5.37. The molecule has 2 saturated carbocycles. The van der Waals surface area contributed by atoms with Gasteiger partial charge in [-0.1, -0.05) is 32.1 Å². The number of hydrogen-bond acceptors (Lipinski definition) is 4. The molecule has 1 heterocycles. The Morgan fingerprint density at radius 1 is 1.15 bits per heavy atom. The Kier molecular flexibility index (Phi) is 5.35. The third-order valence-electron chi connectivity index (χ3n) is 7.09. The van der Waals surface area contributed by atoms with Gasteiger partial charge in [-0.3, -0.25) is 5.32 Å². The third-order valence-corrected chi connectivity index (χ3v) is 7.09. The van der Waals surface area contributed by atoms with Gasteiger partial charge in [0.25, 0.3) is 5.82 Å². The van der Waals surface area contributed by atoms with Crippen LogP contribution in [0, 0.1) is 17.0 Å². The van der Waals surface area contributed by atoms with Gasteiger partial charge in [0.2, 0.25) is 0 Å². The highest BCUT2D eigenvalue weighted by Crippen LogP contribution is 2.44. The van der Waals surface area contributed by atoms with E-state index in [4.69, 9.17) is 9.72 Å². The Morgan fingerprint density at radius 2 is 1.96 bits per heavy atom. The lowest BCUT2D eigenvalue weighted by atomic mass is 9.70. The number of hydrogen-bond donors (Lipinski definition) is 1. The van der Waals surface area contributed by atoms with Gasteiger partial charge in [0.05, 0.1) is 18.8 Å². The topological polar surface area (TPSA) is 61.1 Å². The number of methoxy groups -OCH3 is 1. The number of nitrogens with zero attached hydrogens (tertiary/aromatic N) is 2. The second-order valence-electron chi connectivity index (χ2n) is 8.57. The molecule has 5 heteroatoms. The van der Waals surface area contributed by atoms with Crippen molar-refractivity contribution in [2.24, 2.45) is 11.8 Å². The molecule has 0 aliphatic heterocycles. The summed E-state index contributed by atoms with van der Waals surface area (Å²) in [5, 5.41) is 16.3. The zero-order valence-electron chi connectivity index (χ0n) is 16.3. The number of rotatable bonds is 4. The Balaban J connectivity index is 1.65. The smallest absolute Gasteiger partial charge is 0.299 e. The van der Waals surface area contributed by atoms with Crippen molar-refractivity contribution < 1.29 is 9.47 Å². The van der Waals surface area contributed by atoms with E-state index in [1.165, 1.54) is 36.8 Å². The van der Waals surface area contributed by atoms with Crippen LogP contribution < -0.4 is 10.0 Å². The number of anilines is 1. The fraction of sp³-hybridized carbons (Fsp3) is 0.810. The average Bonchev–Trinajstić information content (AvgIpc) is 2.68. The number of fused-ring (bicyclic) bond motifs is 3. The van der Waals surface area contributed by atoms with Gasteiger partial charge in [0.15, 0.2) is 0 Å². The normalized spacial score (nSPS) is 29.1. The van der Waals surface area contributed by atoms with Crippen molar-refractivity contribution in [1.82, 2.24) is 4.98 Å². The summed E-state index contributed by atoms with van der Waals surface area (Å²) in [5.74, 6) is 2.45. The quantitative estimate of drug-likeness (QED) is 0.657. The van der Waals surface area contributed by atoms with Crippen molar-refractivity contribution in [3.8, 4) is 0 Å². The van der Waals surface area contributed by atoms with E-state index in [0.717, 1.165) is 55.6 Å². The van der Waals surface area contributed by atoms with Crippen LogP contribution in [-0.4, -0.2) is 25.2 Å². The summed E-state index contributed by atoms with van der Waals surface area (Å²) in [4.78, 5) is 5.15. The van der Waals surface area contributed by atoms with Crippen LogP contribution in [0.5, 0.6) is 0 Å². The summed E-state index contributed by atoms with van der Waals surface area (Å²) >= 11 is 0. The largest absolute Gasteiger partial charge is 0.710 e. The molecule has 4 rings (SSSR count). The predicted molar refractivity (Wildman–Crippen MR) is 102 cm³/mol. The molecule has 0 aromatic carbocycles. The first kappa shape index (κ1) is 18.0. The number of aromatic nitrogens is 2. The van der Waals surface area contributed by atoms with Crippen LogP contribution in [0.2, 0.25) is 0 Å². The van der Waals surface area contributed by atoms with Gasteiger partial charge >= 0.3 is 0 Å². The van der Waals surface area contributed by atoms with Crippen LogP contribution in [0.15, 0.2) is 0 Å². The molecular weight excluding hydrogens is 326 g/mol. The maximum absolute atomic E-state index is 13.1. The van der Waals surface area contributed by atoms with Crippen molar-refractivity contribution in [2.75, 3.05) is 19.5 Å². The number of ether oxygens (including phenoxy) is 1. The first-order chi connectivity index (χ1) is 12.7. The van der Waals surface area contributed by atoms with Crippen molar-refractivity contribution >= 4 is 5.82 Å². The van der Waals surface area contributed by atoms with E-state index in [-0.39, 0.29) is 0 Å². The van der Waals surface area contributed by atoms with Gasteiger partial charge in [0, 0.05) is 25.9 Å². The molecule has 1 aromatic heterocycles. The van der Waals surface area contributed by atoms with Crippen LogP contribution in [-0.2, 0) is 17.6 Å². The molecular formula is C21H33N3O2. The van der Waals surface area contributed by atoms with Gasteiger partial charge < -0.3 is 9.94 Å². The van der Waals surface area contributed by atoms with Crippen LogP contribution in [0.1, 0.15) is 80.8 Å². The van der Waals surface area contributed by atoms with E-state index in [9.17, 15) is 5.21 Å². The molecule has 2 fully saturated rings. The Labute approximate surface area is 157 Å². The first-order valence-electron chi connectivity index (χ1n) is 10.6. The van der Waals surface area contributed by atoms with Crippen LogP contribution in [0.25, 0.3) is 0 Å². The van der Waals surface area contributed by atoms with Crippen molar-refractivity contribution in [3.05, 3.63) is 22.3 Å². The van der Waals surface area contributed by atoms with Crippen molar-refractivity contribution in [1.29, 1.82) is 0 Å². The predicted octanol–water partition coefficient (Wildman–Crippen LogP) is 3.72. The lowest BCUT2D eigenvalue weighted by Crippen LogP contribution is -2.43. The molecule has 3 atom stereocenters. The molecule has 5 nitrogen and oxygen atoms in total. The minimum atomic E-state index is 0.385. The summed E-state index contributed by atoms with van der Waals surface area (Å²) in [7, 11) is 3.69. The number of nitrogens with one attached hydrogen (secondary N) is 1. The van der Waals surface area contributed by atoms with E-state index in [1.54, 1.807) is 0 Å². The van der Waals surface area contributed by atoms with Gasteiger partial charge in [0.1, 0.15) is 11.4 Å². The average molecular weight is 360 g/mol. The minimum Gasteiger partial charge on any atom is -0.710 e. The van der Waals surface area contributed by atoms with E-state index >= 15 is 0 Å². The van der Waals surface area contributed by atoms with Gasteiger partial charge in [-0.2, -0.15) is 0 Å². The Hall–Kier alpha value is -1.36. The van der Waals surface area contributed by atoms with E-state index in [1.807, 2.05) is 14.2 Å². The summed E-state index contributed by atoms with van der Waals surface area (Å²) < 4.78 is 6.79. The molecule has 26 heavy (non-hydrogen) atoms. The molecule has 3 aliphatic rings. The highest BCUT2D eigenvalue weighted by Gasteiger charge is 2.39. The molecule has 0 spiro atoms. The second-order valence-corrected chi connectivity index (χ2v) is 8.57. The minimum absolute atomic E-state index is 0.385. The van der Waals surface area contributed by atoms with Gasteiger partial charge in [-0.15, -0.1) is 0 Å². The van der Waals surface area contributed by atoms with Crippen molar-refractivity contribution in [3.63, 3.8) is 0 Å². The van der Waals surface area contributed by atoms with E-state index in [2.05, 4.69) is 5.32 Å². The molecule has 0 radical (unpaired) electrons. The van der Waals surface area contributed by atoms with Crippen LogP contribution >= 0.6 is 0 Å². The summed E-state index contributed by atoms with van der Waals surface area (Å²) in [5.41, 5.74) is 3.03. The molecule has 144 valence electrons. The Morgan fingerprint density at radius 3 is 2.69 bits per heavy atom. The monoisotopic (exact) mass is 359 g/mol. The molecule has 0 amide bonds. The zero-order valence-corrected chi connectivity index (χ0v) is 16.3. The highest BCUT2D eigenvalue weighted by atomic mass is 16.5. The van der Waals surface area contributed by atoms with Crippen LogP contribution in [0.3, 0.4) is 0 Å². The standard InChI is InChI=1S/C21H33N3O2/c1-22-21-18(12-14-6-4-3-5-7-14)23-20-17-10-9-16(26-2)13-15(17)8-11-19(20)24(21)25/h14-17,22H,3-13H2,1-2H3. The van der Waals surface area contributed by atoms with E-state index in [0.29, 0.717) is 29.7 Å². The molecule has 3 aliphatic carbocycles. The maximum Gasteiger partial charge on any atom is 0.299 e. The Bertz CT molecular complexity index is 643. The van der Waals surface area contributed by atoms with Crippen LogP contribution in [0.4, 0.5) is 5.82 Å². The lowest BCUT2D eigenvalue weighted by molar-refractivity contribution is -0.601. The molecule has 0 bridgehead atoms. The van der Waals surface area contributed by atoms with Crippen molar-refractivity contribution in [2.45, 2.75) is 82.7 Å². The second kappa shape index (κ2) is 7.71. The SMILES string of the molecule is CNc1c(CC2CCCCC2)nc2c([n+]1[O-])CCC1CC(OC)CCC21.